The van der Waals surface area contributed by atoms with Gasteiger partial charge in [-0.1, -0.05) is 17.4 Å². The number of anilines is 1. The predicted octanol–water partition coefficient (Wildman–Crippen LogP) is 3.80. The maximum atomic E-state index is 13.3. The van der Waals surface area contributed by atoms with Crippen molar-refractivity contribution in [2.24, 2.45) is 5.92 Å². The quantitative estimate of drug-likeness (QED) is 0.527. The molecule has 1 aromatic heterocycles. The van der Waals surface area contributed by atoms with E-state index in [1.54, 1.807) is 11.3 Å². The molecule has 7 nitrogen and oxygen atoms in total. The SMILES string of the molecule is Cc1ccc2sc(N3CCN(C(=O)C4CCCN(S(=O)(=O)c5ccc(F)cc5)C4)CC3)nc2c1C. The molecule has 0 aliphatic carbocycles. The van der Waals surface area contributed by atoms with Crippen molar-refractivity contribution in [1.82, 2.24) is 14.2 Å². The van der Waals surface area contributed by atoms with Crippen molar-refractivity contribution in [2.45, 2.75) is 31.6 Å². The fourth-order valence-corrected chi connectivity index (χ4v) is 7.44. The van der Waals surface area contributed by atoms with E-state index in [-0.39, 0.29) is 23.3 Å². The van der Waals surface area contributed by atoms with Crippen LogP contribution >= 0.6 is 11.3 Å². The molecule has 1 amide bonds. The van der Waals surface area contributed by atoms with Crippen molar-refractivity contribution in [3.63, 3.8) is 0 Å². The third-order valence-corrected chi connectivity index (χ3v) is 10.1. The molecule has 1 atom stereocenters. The van der Waals surface area contributed by atoms with Crippen LogP contribution in [0.15, 0.2) is 41.3 Å². The lowest BCUT2D eigenvalue weighted by molar-refractivity contribution is -0.137. The zero-order chi connectivity index (χ0) is 24.7. The van der Waals surface area contributed by atoms with Crippen LogP contribution in [0.4, 0.5) is 9.52 Å². The Balaban J connectivity index is 1.23. The van der Waals surface area contributed by atoms with Crippen LogP contribution < -0.4 is 4.90 Å². The first-order chi connectivity index (χ1) is 16.7. The summed E-state index contributed by atoms with van der Waals surface area (Å²) >= 11 is 1.68. The van der Waals surface area contributed by atoms with Crippen molar-refractivity contribution in [1.29, 1.82) is 0 Å². The average Bonchev–Trinajstić information content (AvgIpc) is 3.31. The lowest BCUT2D eigenvalue weighted by atomic mass is 9.98. The highest BCUT2D eigenvalue weighted by molar-refractivity contribution is 7.89. The van der Waals surface area contributed by atoms with E-state index in [4.69, 9.17) is 4.98 Å². The van der Waals surface area contributed by atoms with E-state index in [2.05, 4.69) is 30.9 Å². The molecule has 3 heterocycles. The van der Waals surface area contributed by atoms with Gasteiger partial charge in [0.2, 0.25) is 15.9 Å². The zero-order valence-electron chi connectivity index (χ0n) is 19.9. The second-order valence-corrected chi connectivity index (χ2v) is 12.3. The Labute approximate surface area is 209 Å². The number of carbonyl (C=O) groups is 1. The second-order valence-electron chi connectivity index (χ2n) is 9.32. The van der Waals surface area contributed by atoms with Gasteiger partial charge in [0.05, 0.1) is 21.0 Å². The van der Waals surface area contributed by atoms with Crippen LogP contribution in [0, 0.1) is 25.6 Å². The van der Waals surface area contributed by atoms with Gasteiger partial charge >= 0.3 is 0 Å². The molecular weight excluding hydrogens is 487 g/mol. The fraction of sp³-hybridized carbons (Fsp3) is 0.440. The minimum atomic E-state index is -3.76. The Morgan fingerprint density at radius 1 is 1.03 bits per heavy atom. The highest BCUT2D eigenvalue weighted by Crippen LogP contribution is 2.33. The smallest absolute Gasteiger partial charge is 0.243 e. The lowest BCUT2D eigenvalue weighted by Crippen LogP contribution is -2.53. The standard InChI is InChI=1S/C25H29FN4O3S2/c1-17-5-10-22-23(18(17)2)27-25(34-22)29-14-12-28(13-15-29)24(31)19-4-3-11-30(16-19)35(32,33)21-8-6-20(26)7-9-21/h5-10,19H,3-4,11-16H2,1-2H3. The molecule has 0 radical (unpaired) electrons. The Morgan fingerprint density at radius 2 is 1.74 bits per heavy atom. The van der Waals surface area contributed by atoms with Crippen LogP contribution in [-0.2, 0) is 14.8 Å². The molecule has 3 aromatic rings. The lowest BCUT2D eigenvalue weighted by Gasteiger charge is -2.38. The average molecular weight is 517 g/mol. The Kier molecular flexibility index (Phi) is 6.54. The molecular formula is C25H29FN4O3S2. The Hall–Kier alpha value is -2.56. The number of piperazine rings is 1. The molecule has 186 valence electrons. The number of halogens is 1. The van der Waals surface area contributed by atoms with E-state index in [1.165, 1.54) is 32.3 Å². The Bertz CT molecular complexity index is 1350. The molecule has 1 unspecified atom stereocenters. The van der Waals surface area contributed by atoms with Gasteiger partial charge in [-0.25, -0.2) is 17.8 Å². The molecule has 0 saturated carbocycles. The van der Waals surface area contributed by atoms with Crippen LogP contribution in [0.5, 0.6) is 0 Å². The van der Waals surface area contributed by atoms with Crippen LogP contribution in [0.3, 0.4) is 0 Å². The van der Waals surface area contributed by atoms with Crippen molar-refractivity contribution in [3.05, 3.63) is 53.3 Å². The topological polar surface area (TPSA) is 73.8 Å². The number of benzene rings is 2. The molecule has 5 rings (SSSR count). The minimum Gasteiger partial charge on any atom is -0.345 e. The normalized spacial score (nSPS) is 19.9. The summed E-state index contributed by atoms with van der Waals surface area (Å²) in [7, 11) is -3.76. The molecule has 2 saturated heterocycles. The number of hydrogen-bond donors (Lipinski definition) is 0. The minimum absolute atomic E-state index is 0.0134. The molecule has 2 fully saturated rings. The number of aromatic nitrogens is 1. The second kappa shape index (κ2) is 9.48. The first-order valence-electron chi connectivity index (χ1n) is 11.9. The third kappa shape index (κ3) is 4.66. The number of nitrogens with zero attached hydrogens (tertiary/aromatic N) is 4. The number of carbonyl (C=O) groups excluding carboxylic acids is 1. The maximum Gasteiger partial charge on any atom is 0.243 e. The molecule has 35 heavy (non-hydrogen) atoms. The van der Waals surface area contributed by atoms with Gasteiger partial charge in [-0.05, 0) is 68.1 Å². The van der Waals surface area contributed by atoms with E-state index in [1.807, 2.05) is 4.90 Å². The van der Waals surface area contributed by atoms with Gasteiger partial charge in [0.15, 0.2) is 5.13 Å². The van der Waals surface area contributed by atoms with Crippen LogP contribution in [0.2, 0.25) is 0 Å². The van der Waals surface area contributed by atoms with Crippen LogP contribution in [-0.4, -0.2) is 67.8 Å². The number of aryl methyl sites for hydroxylation is 2. The number of sulfonamides is 1. The first kappa shape index (κ1) is 24.1. The summed E-state index contributed by atoms with van der Waals surface area (Å²) in [5.74, 6) is -0.830. The maximum absolute atomic E-state index is 13.3. The summed E-state index contributed by atoms with van der Waals surface area (Å²) in [6, 6.07) is 9.09. The molecule has 0 spiro atoms. The van der Waals surface area contributed by atoms with Gasteiger partial charge < -0.3 is 9.80 Å². The molecule has 2 aromatic carbocycles. The molecule has 2 aliphatic rings. The number of rotatable bonds is 4. The summed E-state index contributed by atoms with van der Waals surface area (Å²) in [5.41, 5.74) is 3.48. The predicted molar refractivity (Wildman–Crippen MR) is 136 cm³/mol. The number of piperidine rings is 1. The largest absolute Gasteiger partial charge is 0.345 e. The van der Waals surface area contributed by atoms with Crippen molar-refractivity contribution >= 4 is 42.6 Å². The van der Waals surface area contributed by atoms with Gasteiger partial charge in [-0.2, -0.15) is 4.31 Å². The highest BCUT2D eigenvalue weighted by atomic mass is 32.2. The number of hydrogen-bond acceptors (Lipinski definition) is 6. The van der Waals surface area contributed by atoms with Gasteiger partial charge in [-0.3, -0.25) is 4.79 Å². The van der Waals surface area contributed by atoms with E-state index in [9.17, 15) is 17.6 Å². The summed E-state index contributed by atoms with van der Waals surface area (Å²) in [6.45, 7) is 7.31. The summed E-state index contributed by atoms with van der Waals surface area (Å²) in [6.07, 6.45) is 1.30. The van der Waals surface area contributed by atoms with Gasteiger partial charge in [0.1, 0.15) is 5.82 Å². The van der Waals surface area contributed by atoms with E-state index in [0.29, 0.717) is 45.6 Å². The number of thiazole rings is 1. The molecule has 0 bridgehead atoms. The summed E-state index contributed by atoms with van der Waals surface area (Å²) in [4.78, 5) is 22.3. The van der Waals surface area contributed by atoms with Gasteiger partial charge in [0.25, 0.3) is 0 Å². The highest BCUT2D eigenvalue weighted by Gasteiger charge is 2.36. The van der Waals surface area contributed by atoms with Crippen LogP contribution in [0.1, 0.15) is 24.0 Å². The molecule has 10 heteroatoms. The van der Waals surface area contributed by atoms with E-state index < -0.39 is 15.8 Å². The van der Waals surface area contributed by atoms with Crippen LogP contribution in [0.25, 0.3) is 10.2 Å². The Morgan fingerprint density at radius 3 is 2.46 bits per heavy atom. The van der Waals surface area contributed by atoms with Gasteiger partial charge in [0, 0.05) is 39.3 Å². The number of fused-ring (bicyclic) bond motifs is 1. The summed E-state index contributed by atoms with van der Waals surface area (Å²) in [5, 5.41) is 0.982. The van der Waals surface area contributed by atoms with E-state index in [0.717, 1.165) is 22.8 Å². The van der Waals surface area contributed by atoms with Gasteiger partial charge in [-0.15, -0.1) is 0 Å². The number of amides is 1. The van der Waals surface area contributed by atoms with Crippen molar-refractivity contribution in [2.75, 3.05) is 44.2 Å². The fourth-order valence-electron chi connectivity index (χ4n) is 4.84. The zero-order valence-corrected chi connectivity index (χ0v) is 21.5. The van der Waals surface area contributed by atoms with Crippen molar-refractivity contribution < 1.29 is 17.6 Å². The first-order valence-corrected chi connectivity index (χ1v) is 14.2. The summed E-state index contributed by atoms with van der Waals surface area (Å²) < 4.78 is 41.8. The monoisotopic (exact) mass is 516 g/mol. The molecule has 0 N–H and O–H groups in total. The molecule has 2 aliphatic heterocycles. The van der Waals surface area contributed by atoms with Crippen molar-refractivity contribution in [3.8, 4) is 0 Å². The van der Waals surface area contributed by atoms with E-state index >= 15 is 0 Å². The third-order valence-electron chi connectivity index (χ3n) is 7.12.